The summed E-state index contributed by atoms with van der Waals surface area (Å²) in [7, 11) is 0. The number of fused-ring (bicyclic) bond motifs is 2. The minimum atomic E-state index is -3.76. The average Bonchev–Trinajstić information content (AvgIpc) is 3.57. The standard InChI is InChI=1S/C46H76Ge2N2O4/c1-17-21-25-47(26-22-18-2)49(37-31-33(43(5,6)7)29-35(39(37)53-47)45(11,12)13)41(51)42(52)50-38-32-34(44(8,9)10)30-36(46(14,15)16)40(38)54-48(50,27-23-19-3)28-24-20-4/h29-32H,17-28H2,1-16H3. The fourth-order valence-corrected chi connectivity index (χ4v) is 26.9. The number of rotatable bonds is 12. The number of nitrogens with zero attached hydrogens (tertiary/aromatic N) is 2. The van der Waals surface area contributed by atoms with Gasteiger partial charge in [0.25, 0.3) is 0 Å². The molecule has 2 amide bonds. The number of carbonyl (C=O) groups is 2. The first kappa shape index (κ1) is 44.8. The van der Waals surface area contributed by atoms with E-state index in [1.807, 2.05) is 7.71 Å². The molecule has 54 heavy (non-hydrogen) atoms. The van der Waals surface area contributed by atoms with Gasteiger partial charge in [-0.05, 0) is 0 Å². The molecular weight excluding hydrogens is 790 g/mol. The monoisotopic (exact) mass is 868 g/mol. The van der Waals surface area contributed by atoms with E-state index < -0.39 is 39.5 Å². The molecule has 8 heteroatoms. The maximum atomic E-state index is 15.8. The molecule has 0 bridgehead atoms. The van der Waals surface area contributed by atoms with Gasteiger partial charge in [0.1, 0.15) is 0 Å². The van der Waals surface area contributed by atoms with Crippen LogP contribution in [0.4, 0.5) is 11.4 Å². The molecule has 4 rings (SSSR count). The zero-order valence-electron chi connectivity index (χ0n) is 37.3. The molecule has 0 saturated carbocycles. The van der Waals surface area contributed by atoms with Crippen molar-refractivity contribution in [1.82, 2.24) is 0 Å². The van der Waals surface area contributed by atoms with E-state index in [0.29, 0.717) is 0 Å². The van der Waals surface area contributed by atoms with Crippen LogP contribution in [0, 0.1) is 0 Å². The number of anilines is 2. The molecule has 0 radical (unpaired) electrons. The number of amides is 2. The molecule has 0 N–H and O–H groups in total. The molecule has 0 unspecified atom stereocenters. The van der Waals surface area contributed by atoms with Crippen molar-refractivity contribution in [3.63, 3.8) is 0 Å². The van der Waals surface area contributed by atoms with E-state index >= 15 is 9.59 Å². The zero-order valence-corrected chi connectivity index (χ0v) is 41.5. The van der Waals surface area contributed by atoms with E-state index in [9.17, 15) is 0 Å². The molecule has 0 saturated heterocycles. The van der Waals surface area contributed by atoms with Crippen LogP contribution >= 0.6 is 0 Å². The molecule has 302 valence electrons. The third kappa shape index (κ3) is 8.95. The molecule has 2 aromatic carbocycles. The van der Waals surface area contributed by atoms with E-state index in [1.54, 1.807) is 0 Å². The second kappa shape index (κ2) is 16.5. The van der Waals surface area contributed by atoms with Gasteiger partial charge >= 0.3 is 339 Å². The summed E-state index contributed by atoms with van der Waals surface area (Å²) < 4.78 is 19.0. The predicted octanol–water partition coefficient (Wildman–Crippen LogP) is 13.1. The third-order valence-electron chi connectivity index (χ3n) is 11.6. The molecule has 2 aliphatic heterocycles. The van der Waals surface area contributed by atoms with Gasteiger partial charge in [-0.3, -0.25) is 0 Å². The van der Waals surface area contributed by atoms with E-state index in [4.69, 9.17) is 7.53 Å². The summed E-state index contributed by atoms with van der Waals surface area (Å²) in [5, 5.41) is 3.41. The third-order valence-corrected chi connectivity index (χ3v) is 28.9. The molecule has 2 aromatic rings. The first-order chi connectivity index (χ1) is 24.9. The maximum absolute atomic E-state index is 15.8. The molecule has 2 aliphatic rings. The zero-order chi connectivity index (χ0) is 40.7. The van der Waals surface area contributed by atoms with Crippen molar-refractivity contribution in [3.05, 3.63) is 46.5 Å². The Morgan fingerprint density at radius 2 is 0.759 bits per heavy atom. The van der Waals surface area contributed by atoms with Crippen molar-refractivity contribution < 1.29 is 17.1 Å². The number of carbonyl (C=O) groups excluding carboxylic acids is 2. The fourth-order valence-electron chi connectivity index (χ4n) is 8.16. The van der Waals surface area contributed by atoms with E-state index in [1.165, 1.54) is 11.1 Å². The summed E-state index contributed by atoms with van der Waals surface area (Å²) in [6, 6.07) is 9.02. The van der Waals surface area contributed by atoms with Crippen LogP contribution in [0.25, 0.3) is 0 Å². The number of benzene rings is 2. The van der Waals surface area contributed by atoms with Crippen LogP contribution in [-0.2, 0) is 31.2 Å². The van der Waals surface area contributed by atoms with Gasteiger partial charge < -0.3 is 0 Å². The number of hydrogen-bond acceptors (Lipinski definition) is 4. The van der Waals surface area contributed by atoms with E-state index in [-0.39, 0.29) is 21.7 Å². The van der Waals surface area contributed by atoms with Crippen molar-refractivity contribution in [1.29, 1.82) is 0 Å². The van der Waals surface area contributed by atoms with Gasteiger partial charge in [-0.1, -0.05) is 0 Å². The van der Waals surface area contributed by atoms with Gasteiger partial charge in [-0.15, -0.1) is 0 Å². The molecule has 2 heterocycles. The quantitative estimate of drug-likeness (QED) is 0.158. The second-order valence-electron chi connectivity index (χ2n) is 20.5. The van der Waals surface area contributed by atoms with Crippen molar-refractivity contribution >= 4 is 50.8 Å². The van der Waals surface area contributed by atoms with Crippen LogP contribution in [0.15, 0.2) is 24.3 Å². The van der Waals surface area contributed by atoms with Gasteiger partial charge in [-0.25, -0.2) is 0 Å². The average molecular weight is 866 g/mol. The molecule has 0 aliphatic carbocycles. The van der Waals surface area contributed by atoms with Crippen molar-refractivity contribution in [2.45, 2.75) is 205 Å². The van der Waals surface area contributed by atoms with Crippen LogP contribution < -0.4 is 15.2 Å². The summed E-state index contributed by atoms with van der Waals surface area (Å²) in [6.07, 6.45) is 7.94. The summed E-state index contributed by atoms with van der Waals surface area (Å²) in [5.74, 6) is 0.892. The summed E-state index contributed by atoms with van der Waals surface area (Å²) in [5.41, 5.74) is 5.53. The summed E-state index contributed by atoms with van der Waals surface area (Å²) in [4.78, 5) is 31.7. The van der Waals surface area contributed by atoms with Crippen LogP contribution in [0.1, 0.15) is 184 Å². The second-order valence-corrected chi connectivity index (χ2v) is 35.4. The van der Waals surface area contributed by atoms with Crippen LogP contribution in [-0.4, -0.2) is 39.5 Å². The Hall–Kier alpha value is -1.93. The van der Waals surface area contributed by atoms with Gasteiger partial charge in [0.05, 0.1) is 0 Å². The van der Waals surface area contributed by atoms with Crippen LogP contribution in [0.3, 0.4) is 0 Å². The predicted molar refractivity (Wildman–Crippen MR) is 234 cm³/mol. The topological polar surface area (TPSA) is 59.1 Å². The number of unbranched alkanes of at least 4 members (excludes halogenated alkanes) is 4. The fraction of sp³-hybridized carbons (Fsp3) is 0.696. The van der Waals surface area contributed by atoms with E-state index in [0.717, 1.165) is 106 Å². The van der Waals surface area contributed by atoms with Crippen molar-refractivity contribution in [3.8, 4) is 11.5 Å². The summed E-state index contributed by atoms with van der Waals surface area (Å²) in [6.45, 7) is 35.7. The SMILES string of the molecule is CCC[CH2][Ge]1([CH2]CCC)[O]c2c(cc(C(C)(C)C)cc2C(C)(C)C)[N]1C(=O)C(=O)[N]1c2cc(C(C)(C)C)cc(C(C)(C)C)c2[O][Ge]1([CH2]CCC)[CH2]CCC. The van der Waals surface area contributed by atoms with Crippen LogP contribution in [0.2, 0.25) is 21.0 Å². The first-order valence-corrected chi connectivity index (χ1v) is 30.9. The van der Waals surface area contributed by atoms with Crippen LogP contribution in [0.5, 0.6) is 11.5 Å². The van der Waals surface area contributed by atoms with Crippen molar-refractivity contribution in [2.75, 3.05) is 7.71 Å². The van der Waals surface area contributed by atoms with Crippen molar-refractivity contribution in [2.24, 2.45) is 0 Å². The van der Waals surface area contributed by atoms with Gasteiger partial charge in [-0.2, -0.15) is 0 Å². The Balaban J connectivity index is 2.09. The summed E-state index contributed by atoms with van der Waals surface area (Å²) >= 11 is -7.52. The molecular formula is C46H76Ge2N2O4. The van der Waals surface area contributed by atoms with Gasteiger partial charge in [0.15, 0.2) is 0 Å². The molecule has 0 atom stereocenters. The Morgan fingerprint density at radius 1 is 0.481 bits per heavy atom. The Labute approximate surface area is 336 Å². The Kier molecular flexibility index (Phi) is 13.7. The van der Waals surface area contributed by atoms with Gasteiger partial charge in [0, 0.05) is 0 Å². The number of hydrogen-bond donors (Lipinski definition) is 0. The molecule has 0 spiro atoms. The molecule has 0 fully saturated rings. The van der Waals surface area contributed by atoms with Gasteiger partial charge in [0.2, 0.25) is 0 Å². The normalized spacial score (nSPS) is 16.6. The molecule has 6 nitrogen and oxygen atoms in total. The Morgan fingerprint density at radius 3 is 0.981 bits per heavy atom. The first-order valence-electron chi connectivity index (χ1n) is 21.4. The minimum absolute atomic E-state index is 0.155. The van der Waals surface area contributed by atoms with E-state index in [2.05, 4.69) is 135 Å². The molecule has 0 aromatic heterocycles. The Bertz CT molecular complexity index is 1530.